The highest BCUT2D eigenvalue weighted by Crippen LogP contribution is 2.34. The van der Waals surface area contributed by atoms with E-state index in [1.54, 1.807) is 48.2 Å². The molecule has 1 aliphatic heterocycles. The van der Waals surface area contributed by atoms with Crippen molar-refractivity contribution in [2.45, 2.75) is 25.9 Å². The molecule has 4 aromatic carbocycles. The van der Waals surface area contributed by atoms with E-state index in [9.17, 15) is 19.6 Å². The number of benzene rings is 4. The summed E-state index contributed by atoms with van der Waals surface area (Å²) in [6.45, 7) is 1.99. The van der Waals surface area contributed by atoms with Gasteiger partial charge in [0.2, 0.25) is 5.91 Å². The lowest BCUT2D eigenvalue weighted by molar-refractivity contribution is -0.144. The molecule has 0 aliphatic carbocycles. The second-order valence-corrected chi connectivity index (χ2v) is 10.0. The van der Waals surface area contributed by atoms with Crippen molar-refractivity contribution in [1.82, 2.24) is 4.90 Å². The minimum Gasteiger partial charge on any atom is -0.466 e. The van der Waals surface area contributed by atoms with Gasteiger partial charge in [-0.05, 0) is 54.4 Å². The molecular weight excluding hydrogens is 538 g/mol. The number of hydrogen-bond donors (Lipinski definition) is 0. The average molecular weight is 568 g/mol. The number of rotatable bonds is 7. The fourth-order valence-corrected chi connectivity index (χ4v) is 5.08. The van der Waals surface area contributed by atoms with Crippen molar-refractivity contribution < 1.29 is 19.1 Å². The predicted molar refractivity (Wildman–Crippen MR) is 163 cm³/mol. The van der Waals surface area contributed by atoms with Crippen molar-refractivity contribution in [3.8, 4) is 17.9 Å². The lowest BCUT2D eigenvalue weighted by Crippen LogP contribution is -2.41. The van der Waals surface area contributed by atoms with Crippen LogP contribution < -0.4 is 4.90 Å². The molecule has 0 radical (unpaired) electrons. The summed E-state index contributed by atoms with van der Waals surface area (Å²) in [7, 11) is 0. The van der Waals surface area contributed by atoms with Gasteiger partial charge in [-0.3, -0.25) is 14.4 Å². The molecule has 5 rings (SSSR count). The van der Waals surface area contributed by atoms with Gasteiger partial charge in [0.1, 0.15) is 6.54 Å². The lowest BCUT2D eigenvalue weighted by atomic mass is 10.00. The van der Waals surface area contributed by atoms with Crippen LogP contribution in [-0.2, 0) is 20.9 Å². The minimum absolute atomic E-state index is 0.0976. The van der Waals surface area contributed by atoms with E-state index < -0.39 is 12.0 Å². The summed E-state index contributed by atoms with van der Waals surface area (Å²) in [4.78, 5) is 44.1. The molecule has 0 saturated carbocycles. The van der Waals surface area contributed by atoms with Gasteiger partial charge >= 0.3 is 5.97 Å². The molecular formula is C36H29N3O4. The van der Waals surface area contributed by atoms with E-state index in [0.717, 1.165) is 11.1 Å². The quantitative estimate of drug-likeness (QED) is 0.213. The van der Waals surface area contributed by atoms with Crippen LogP contribution >= 0.6 is 0 Å². The molecule has 4 aromatic rings. The number of fused-ring (bicyclic) bond motifs is 1. The van der Waals surface area contributed by atoms with Crippen LogP contribution in [0.5, 0.6) is 0 Å². The van der Waals surface area contributed by atoms with Crippen LogP contribution in [0.1, 0.15) is 57.6 Å². The Kier molecular flexibility index (Phi) is 8.95. The maximum absolute atomic E-state index is 14.4. The number of ether oxygens (including phenoxy) is 1. The number of carbonyl (C=O) groups excluding carboxylic acids is 3. The summed E-state index contributed by atoms with van der Waals surface area (Å²) >= 11 is 0. The first kappa shape index (κ1) is 28.9. The average Bonchev–Trinajstić information content (AvgIpc) is 3.14. The van der Waals surface area contributed by atoms with E-state index in [1.807, 2.05) is 66.7 Å². The maximum Gasteiger partial charge on any atom is 0.308 e. The van der Waals surface area contributed by atoms with Crippen molar-refractivity contribution in [2.24, 2.45) is 0 Å². The zero-order valence-corrected chi connectivity index (χ0v) is 23.7. The fraction of sp³-hybridized carbons (Fsp3) is 0.167. The van der Waals surface area contributed by atoms with Crippen LogP contribution in [0.2, 0.25) is 0 Å². The molecule has 0 spiro atoms. The zero-order valence-electron chi connectivity index (χ0n) is 23.7. The summed E-state index contributed by atoms with van der Waals surface area (Å²) in [6.07, 6.45) is -0.0976. The Bertz CT molecular complexity index is 1750. The summed E-state index contributed by atoms with van der Waals surface area (Å²) in [5.41, 5.74) is 4.17. The third-order valence-electron chi connectivity index (χ3n) is 7.14. The molecule has 0 fully saturated rings. The third-order valence-corrected chi connectivity index (χ3v) is 7.14. The molecule has 0 aromatic heterocycles. The van der Waals surface area contributed by atoms with Crippen LogP contribution in [0.25, 0.3) is 0 Å². The first-order chi connectivity index (χ1) is 21.0. The second kappa shape index (κ2) is 13.3. The first-order valence-corrected chi connectivity index (χ1v) is 14.0. The molecule has 1 aliphatic rings. The van der Waals surface area contributed by atoms with Crippen LogP contribution in [0.3, 0.4) is 0 Å². The number of nitrogens with zero attached hydrogens (tertiary/aromatic N) is 3. The monoisotopic (exact) mass is 567 g/mol. The molecule has 0 saturated heterocycles. The van der Waals surface area contributed by atoms with Gasteiger partial charge in [0, 0.05) is 11.1 Å². The van der Waals surface area contributed by atoms with Gasteiger partial charge in [-0.1, -0.05) is 78.6 Å². The van der Waals surface area contributed by atoms with Crippen molar-refractivity contribution in [3.05, 3.63) is 137 Å². The molecule has 0 bridgehead atoms. The van der Waals surface area contributed by atoms with E-state index in [0.29, 0.717) is 27.9 Å². The standard InChI is InChI=1S/C36H29N3O4/c1-2-43-35(41)22-33(30-14-7-4-8-15-30)39-25-34(40)38(24-28-10-5-3-6-11-28)32-19-18-27(21-31(32)36(39)42)17-16-26-12-9-13-29(20-26)23-37/h3-15,18-21,33H,2,22,24-25H2,1H3. The molecule has 7 nitrogen and oxygen atoms in total. The van der Waals surface area contributed by atoms with Gasteiger partial charge in [0.15, 0.2) is 0 Å². The second-order valence-electron chi connectivity index (χ2n) is 10.0. The van der Waals surface area contributed by atoms with Gasteiger partial charge in [-0.25, -0.2) is 0 Å². The molecule has 212 valence electrons. The molecule has 2 amide bonds. The number of amides is 2. The highest BCUT2D eigenvalue weighted by molar-refractivity contribution is 6.10. The van der Waals surface area contributed by atoms with Crippen LogP contribution in [-0.4, -0.2) is 35.8 Å². The van der Waals surface area contributed by atoms with Crippen molar-refractivity contribution in [1.29, 1.82) is 5.26 Å². The predicted octanol–water partition coefficient (Wildman–Crippen LogP) is 5.64. The van der Waals surface area contributed by atoms with E-state index >= 15 is 0 Å². The van der Waals surface area contributed by atoms with Gasteiger partial charge in [0.05, 0.1) is 48.5 Å². The molecule has 1 heterocycles. The third kappa shape index (κ3) is 6.81. The van der Waals surface area contributed by atoms with E-state index in [4.69, 9.17) is 4.74 Å². The number of carbonyl (C=O) groups is 3. The smallest absolute Gasteiger partial charge is 0.308 e. The summed E-state index contributed by atoms with van der Waals surface area (Å²) in [6, 6.07) is 32.4. The molecule has 43 heavy (non-hydrogen) atoms. The Morgan fingerprint density at radius 1 is 0.860 bits per heavy atom. The van der Waals surface area contributed by atoms with Crippen LogP contribution in [0.4, 0.5) is 5.69 Å². The number of hydrogen-bond acceptors (Lipinski definition) is 5. The van der Waals surface area contributed by atoms with E-state index in [1.165, 1.54) is 4.90 Å². The zero-order chi connectivity index (χ0) is 30.2. The topological polar surface area (TPSA) is 90.7 Å². The highest BCUT2D eigenvalue weighted by atomic mass is 16.5. The van der Waals surface area contributed by atoms with Gasteiger partial charge in [0.25, 0.3) is 5.91 Å². The van der Waals surface area contributed by atoms with Gasteiger partial charge in [-0.2, -0.15) is 5.26 Å². The van der Waals surface area contributed by atoms with Crippen molar-refractivity contribution >= 4 is 23.5 Å². The molecule has 7 heteroatoms. The molecule has 0 N–H and O–H groups in total. The van der Waals surface area contributed by atoms with Gasteiger partial charge in [-0.15, -0.1) is 0 Å². The SMILES string of the molecule is CCOC(=O)CC(c1ccccc1)N1CC(=O)N(Cc2ccccc2)c2ccc(C#Cc3cccc(C#N)c3)cc2C1=O. The van der Waals surface area contributed by atoms with Crippen LogP contribution in [0, 0.1) is 23.2 Å². The molecule has 1 unspecified atom stereocenters. The summed E-state index contributed by atoms with van der Waals surface area (Å²) in [5.74, 6) is 5.05. The van der Waals surface area contributed by atoms with Crippen LogP contribution in [0.15, 0.2) is 103 Å². The summed E-state index contributed by atoms with van der Waals surface area (Å²) < 4.78 is 5.25. The first-order valence-electron chi connectivity index (χ1n) is 14.0. The Morgan fingerprint density at radius 3 is 2.23 bits per heavy atom. The highest BCUT2D eigenvalue weighted by Gasteiger charge is 2.37. The van der Waals surface area contributed by atoms with Gasteiger partial charge < -0.3 is 14.5 Å². The normalized spacial score (nSPS) is 13.2. The maximum atomic E-state index is 14.4. The Labute approximate surface area is 250 Å². The number of anilines is 1. The summed E-state index contributed by atoms with van der Waals surface area (Å²) in [5, 5.41) is 9.22. The van der Waals surface area contributed by atoms with Crippen molar-refractivity contribution in [2.75, 3.05) is 18.1 Å². The Hall–Kier alpha value is -5.66. The Morgan fingerprint density at radius 2 is 1.53 bits per heavy atom. The fourth-order valence-electron chi connectivity index (χ4n) is 5.08. The van der Waals surface area contributed by atoms with E-state index in [2.05, 4.69) is 17.9 Å². The van der Waals surface area contributed by atoms with Crippen molar-refractivity contribution in [3.63, 3.8) is 0 Å². The lowest BCUT2D eigenvalue weighted by Gasteiger charge is -2.30. The number of esters is 1. The number of nitriles is 1. The molecule has 1 atom stereocenters. The van der Waals surface area contributed by atoms with E-state index in [-0.39, 0.29) is 37.9 Å². The largest absolute Gasteiger partial charge is 0.466 e. The minimum atomic E-state index is -0.718. The Balaban J connectivity index is 1.60.